The van der Waals surface area contributed by atoms with E-state index in [-0.39, 0.29) is 5.82 Å². The van der Waals surface area contributed by atoms with Crippen molar-refractivity contribution in [3.63, 3.8) is 0 Å². The van der Waals surface area contributed by atoms with Crippen LogP contribution < -0.4 is 10.5 Å². The van der Waals surface area contributed by atoms with Crippen LogP contribution in [0.2, 0.25) is 0 Å². The molecule has 3 aromatic heterocycles. The van der Waals surface area contributed by atoms with Crippen molar-refractivity contribution in [3.8, 4) is 38.0 Å². The van der Waals surface area contributed by atoms with E-state index >= 15 is 0 Å². The van der Waals surface area contributed by atoms with Crippen molar-refractivity contribution in [3.05, 3.63) is 66.9 Å². The Balaban J connectivity index is 1.90. The van der Waals surface area contributed by atoms with Gasteiger partial charge in [0, 0.05) is 29.7 Å². The first-order valence-electron chi connectivity index (χ1n) is 8.13. The van der Waals surface area contributed by atoms with E-state index in [2.05, 4.69) is 9.97 Å². The summed E-state index contributed by atoms with van der Waals surface area (Å²) >= 11 is 1.52. The van der Waals surface area contributed by atoms with Crippen LogP contribution in [0.1, 0.15) is 0 Å². The van der Waals surface area contributed by atoms with Crippen LogP contribution in [0.3, 0.4) is 0 Å². The Hall–Kier alpha value is -3.32. The van der Waals surface area contributed by atoms with Gasteiger partial charge in [0.25, 0.3) is 0 Å². The Morgan fingerprint density at radius 2 is 1.74 bits per heavy atom. The molecule has 0 amide bonds. The maximum absolute atomic E-state index is 13.3. The molecule has 4 rings (SSSR count). The van der Waals surface area contributed by atoms with Crippen molar-refractivity contribution in [1.82, 2.24) is 15.0 Å². The maximum atomic E-state index is 13.3. The molecular formula is C20H15FN4OS. The van der Waals surface area contributed by atoms with Gasteiger partial charge < -0.3 is 10.5 Å². The van der Waals surface area contributed by atoms with Gasteiger partial charge in [-0.05, 0) is 48.0 Å². The number of nitrogens with zero attached hydrogens (tertiary/aromatic N) is 3. The number of hydrogen-bond acceptors (Lipinski definition) is 6. The first-order chi connectivity index (χ1) is 13.2. The van der Waals surface area contributed by atoms with E-state index < -0.39 is 0 Å². The van der Waals surface area contributed by atoms with E-state index in [1.807, 2.05) is 18.2 Å². The zero-order chi connectivity index (χ0) is 18.8. The first-order valence-corrected chi connectivity index (χ1v) is 8.94. The lowest BCUT2D eigenvalue weighted by Crippen LogP contribution is -1.96. The molecular weight excluding hydrogens is 363 g/mol. The number of thiazole rings is 1. The minimum absolute atomic E-state index is 0.280. The van der Waals surface area contributed by atoms with Crippen LogP contribution >= 0.6 is 11.3 Å². The van der Waals surface area contributed by atoms with Crippen molar-refractivity contribution in [2.75, 3.05) is 12.8 Å². The molecule has 0 atom stereocenters. The van der Waals surface area contributed by atoms with Crippen LogP contribution in [-0.4, -0.2) is 22.1 Å². The lowest BCUT2D eigenvalue weighted by molar-refractivity contribution is 0.415. The minimum atomic E-state index is -0.280. The Bertz CT molecular complexity index is 1080. The second-order valence-corrected chi connectivity index (χ2v) is 6.75. The van der Waals surface area contributed by atoms with Crippen molar-refractivity contribution in [1.29, 1.82) is 0 Å². The second kappa shape index (κ2) is 7.13. The van der Waals surface area contributed by atoms with Crippen LogP contribution in [0.25, 0.3) is 32.3 Å². The number of aromatic nitrogens is 3. The number of pyridine rings is 2. The van der Waals surface area contributed by atoms with Crippen molar-refractivity contribution in [2.45, 2.75) is 0 Å². The summed E-state index contributed by atoms with van der Waals surface area (Å²) in [6.45, 7) is 0. The van der Waals surface area contributed by atoms with E-state index in [0.717, 1.165) is 32.3 Å². The average molecular weight is 378 g/mol. The van der Waals surface area contributed by atoms with Gasteiger partial charge in [0.1, 0.15) is 10.8 Å². The van der Waals surface area contributed by atoms with Gasteiger partial charge in [-0.3, -0.25) is 4.98 Å². The maximum Gasteiger partial charge on any atom is 0.166 e. The first kappa shape index (κ1) is 17.1. The number of hydrogen-bond donors (Lipinski definition) is 1. The molecule has 2 N–H and O–H groups in total. The molecule has 0 aliphatic rings. The Labute approximate surface area is 159 Å². The van der Waals surface area contributed by atoms with Crippen molar-refractivity contribution >= 4 is 17.2 Å². The van der Waals surface area contributed by atoms with E-state index in [1.165, 1.54) is 23.5 Å². The summed E-state index contributed by atoms with van der Waals surface area (Å²) in [4.78, 5) is 14.1. The molecule has 27 heavy (non-hydrogen) atoms. The molecule has 0 aliphatic heterocycles. The third-order valence-corrected chi connectivity index (χ3v) is 5.19. The molecule has 0 fully saturated rings. The molecule has 5 nitrogen and oxygen atoms in total. The number of nitrogen functional groups attached to an aromatic ring is 1. The number of halogens is 1. The Morgan fingerprint density at radius 1 is 1.00 bits per heavy atom. The van der Waals surface area contributed by atoms with Crippen LogP contribution in [0.15, 0.2) is 61.1 Å². The Kier molecular flexibility index (Phi) is 4.52. The lowest BCUT2D eigenvalue weighted by atomic mass is 10.1. The number of methoxy groups -OCH3 is 1. The number of rotatable bonds is 4. The second-order valence-electron chi connectivity index (χ2n) is 5.75. The Morgan fingerprint density at radius 3 is 2.44 bits per heavy atom. The van der Waals surface area contributed by atoms with Crippen molar-refractivity contribution in [2.24, 2.45) is 0 Å². The standard InChI is InChI=1S/C20H15FN4OS/c1-26-16-10-14(11-24-19(16)22)17-18(12-6-8-23-9-7-12)27-20(25-17)13-2-4-15(21)5-3-13/h2-11H,1H3,(H2,22,24). The molecule has 0 saturated carbocycles. The SMILES string of the molecule is COc1cc(-c2nc(-c3ccc(F)cc3)sc2-c2ccncc2)cnc1N. The zero-order valence-electron chi connectivity index (χ0n) is 14.4. The molecule has 0 radical (unpaired) electrons. The summed E-state index contributed by atoms with van der Waals surface area (Å²) in [5.41, 5.74) is 9.22. The van der Waals surface area contributed by atoms with E-state index in [4.69, 9.17) is 15.5 Å². The third kappa shape index (κ3) is 3.37. The highest BCUT2D eigenvalue weighted by molar-refractivity contribution is 7.19. The third-order valence-electron chi connectivity index (χ3n) is 4.04. The molecule has 1 aromatic carbocycles. The molecule has 0 bridgehead atoms. The fraction of sp³-hybridized carbons (Fsp3) is 0.0500. The topological polar surface area (TPSA) is 73.9 Å². The molecule has 134 valence electrons. The quantitative estimate of drug-likeness (QED) is 0.559. The normalized spacial score (nSPS) is 10.7. The van der Waals surface area contributed by atoms with E-state index in [1.54, 1.807) is 37.8 Å². The molecule has 0 aliphatic carbocycles. The lowest BCUT2D eigenvalue weighted by Gasteiger charge is -2.06. The molecule has 7 heteroatoms. The summed E-state index contributed by atoms with van der Waals surface area (Å²) in [6.07, 6.45) is 5.14. The smallest absolute Gasteiger partial charge is 0.166 e. The summed E-state index contributed by atoms with van der Waals surface area (Å²) in [5, 5.41) is 0.785. The molecule has 4 aromatic rings. The molecule has 0 saturated heterocycles. The van der Waals surface area contributed by atoms with Gasteiger partial charge >= 0.3 is 0 Å². The average Bonchev–Trinajstić information content (AvgIpc) is 3.15. The number of nitrogens with two attached hydrogens (primary N) is 1. The summed E-state index contributed by atoms with van der Waals surface area (Å²) < 4.78 is 18.6. The fourth-order valence-electron chi connectivity index (χ4n) is 2.68. The van der Waals surface area contributed by atoms with Crippen LogP contribution in [0.5, 0.6) is 5.75 Å². The largest absolute Gasteiger partial charge is 0.493 e. The predicted molar refractivity (Wildman–Crippen MR) is 105 cm³/mol. The zero-order valence-corrected chi connectivity index (χ0v) is 15.2. The van der Waals surface area contributed by atoms with Crippen molar-refractivity contribution < 1.29 is 9.13 Å². The monoisotopic (exact) mass is 378 g/mol. The van der Waals surface area contributed by atoms with Gasteiger partial charge in [0.2, 0.25) is 0 Å². The molecule has 0 spiro atoms. The number of ether oxygens (including phenoxy) is 1. The van der Waals surface area contributed by atoms with Crippen LogP contribution in [-0.2, 0) is 0 Å². The van der Waals surface area contributed by atoms with Gasteiger partial charge in [0.15, 0.2) is 11.6 Å². The number of anilines is 1. The number of benzene rings is 1. The molecule has 3 heterocycles. The van der Waals surface area contributed by atoms with Gasteiger partial charge in [-0.15, -0.1) is 11.3 Å². The van der Waals surface area contributed by atoms with E-state index in [9.17, 15) is 4.39 Å². The van der Waals surface area contributed by atoms with Gasteiger partial charge in [-0.1, -0.05) is 0 Å². The predicted octanol–water partition coefficient (Wildman–Crippen LogP) is 4.66. The summed E-state index contributed by atoms with van der Waals surface area (Å²) in [6, 6.07) is 12.0. The summed E-state index contributed by atoms with van der Waals surface area (Å²) in [5.74, 6) is 0.530. The summed E-state index contributed by atoms with van der Waals surface area (Å²) in [7, 11) is 1.55. The van der Waals surface area contributed by atoms with Crippen LogP contribution in [0, 0.1) is 5.82 Å². The highest BCUT2D eigenvalue weighted by atomic mass is 32.1. The fourth-order valence-corrected chi connectivity index (χ4v) is 3.78. The van der Waals surface area contributed by atoms with Gasteiger partial charge in [-0.25, -0.2) is 14.4 Å². The van der Waals surface area contributed by atoms with Crippen LogP contribution in [0.4, 0.5) is 10.2 Å². The molecule has 0 unspecified atom stereocenters. The highest BCUT2D eigenvalue weighted by Gasteiger charge is 2.17. The highest BCUT2D eigenvalue weighted by Crippen LogP contribution is 2.41. The van der Waals surface area contributed by atoms with Gasteiger partial charge in [-0.2, -0.15) is 0 Å². The minimum Gasteiger partial charge on any atom is -0.493 e. The van der Waals surface area contributed by atoms with Gasteiger partial charge in [0.05, 0.1) is 17.7 Å². The van der Waals surface area contributed by atoms with E-state index in [0.29, 0.717) is 11.6 Å².